The molecule has 0 fully saturated rings. The van der Waals surface area contributed by atoms with Crippen LogP contribution >= 0.6 is 0 Å². The minimum atomic E-state index is -0.891. The monoisotopic (exact) mass is 240 g/mol. The number of hydrogen-bond donors (Lipinski definition) is 1. The van der Waals surface area contributed by atoms with Crippen molar-refractivity contribution in [3.8, 4) is 0 Å². The van der Waals surface area contributed by atoms with E-state index in [1.54, 1.807) is 6.92 Å². The van der Waals surface area contributed by atoms with Gasteiger partial charge in [0.15, 0.2) is 0 Å². The molecule has 0 unspecified atom stereocenters. The molecule has 5 heteroatoms. The van der Waals surface area contributed by atoms with Gasteiger partial charge in [0.05, 0.1) is 0 Å². The zero-order valence-electron chi connectivity index (χ0n) is 10.1. The highest BCUT2D eigenvalue weighted by Gasteiger charge is 2.10. The zero-order valence-corrected chi connectivity index (χ0v) is 10.1. The lowest BCUT2D eigenvalue weighted by Crippen LogP contribution is -2.12. The number of carboxylic acids is 1. The minimum Gasteiger partial charge on any atom is -0.478 e. The number of esters is 2. The van der Waals surface area contributed by atoms with Crippen molar-refractivity contribution < 1.29 is 24.2 Å². The van der Waals surface area contributed by atoms with Gasteiger partial charge >= 0.3 is 17.9 Å². The Morgan fingerprint density at radius 1 is 1.06 bits per heavy atom. The summed E-state index contributed by atoms with van der Waals surface area (Å²) in [5.74, 6) is -2.31. The molecule has 0 aliphatic heterocycles. The molecule has 0 amide bonds. The number of aliphatic carboxylic acids is 1. The van der Waals surface area contributed by atoms with Crippen LogP contribution in [0.3, 0.4) is 0 Å². The predicted molar refractivity (Wildman–Crippen MR) is 63.2 cm³/mol. The van der Waals surface area contributed by atoms with E-state index in [4.69, 9.17) is 5.11 Å². The van der Waals surface area contributed by atoms with Crippen LogP contribution in [0, 0.1) is 0 Å². The second-order valence-corrected chi connectivity index (χ2v) is 3.08. The number of allylic oxidation sites excluding steroid dienone is 1. The van der Waals surface area contributed by atoms with Crippen molar-refractivity contribution in [2.45, 2.75) is 20.8 Å². The van der Waals surface area contributed by atoms with Crippen LogP contribution in [0.5, 0.6) is 0 Å². The van der Waals surface area contributed by atoms with Crippen LogP contribution in [0.15, 0.2) is 36.5 Å². The number of rotatable bonds is 3. The standard InChI is InChI=1S/C8H10O3.C4H6O2/c1-5(2)7(9)11-8(10)6(3)4;1-2-3-4(5)6/h1,3H2,2,4H3;2-3H,1H3,(H,5,6). The first kappa shape index (κ1) is 17.2. The Bertz CT molecular complexity index is 339. The Balaban J connectivity index is 0. The smallest absolute Gasteiger partial charge is 0.340 e. The Morgan fingerprint density at radius 2 is 1.41 bits per heavy atom. The molecular weight excluding hydrogens is 224 g/mol. The maximum atomic E-state index is 10.7. The molecule has 0 rings (SSSR count). The van der Waals surface area contributed by atoms with Crippen LogP contribution in [-0.4, -0.2) is 23.0 Å². The SMILES string of the molecule is C=C(C)C(=O)OC(=O)C(=C)C.CC=CC(=O)O. The number of hydrogen-bond acceptors (Lipinski definition) is 4. The van der Waals surface area contributed by atoms with Crippen LogP contribution in [0.1, 0.15) is 20.8 Å². The second kappa shape index (κ2) is 9.08. The number of carbonyl (C=O) groups excluding carboxylic acids is 2. The quantitative estimate of drug-likeness (QED) is 0.462. The van der Waals surface area contributed by atoms with Crippen molar-refractivity contribution in [3.05, 3.63) is 36.5 Å². The van der Waals surface area contributed by atoms with Crippen LogP contribution in [0.2, 0.25) is 0 Å². The summed E-state index contributed by atoms with van der Waals surface area (Å²) < 4.78 is 4.30. The van der Waals surface area contributed by atoms with Gasteiger partial charge in [0.1, 0.15) is 0 Å². The molecule has 5 nitrogen and oxygen atoms in total. The lowest BCUT2D eigenvalue weighted by Gasteiger charge is -1.99. The summed E-state index contributed by atoms with van der Waals surface area (Å²) in [6.45, 7) is 11.2. The number of carboxylic acid groups (broad SMARTS) is 1. The van der Waals surface area contributed by atoms with E-state index in [-0.39, 0.29) is 11.1 Å². The van der Waals surface area contributed by atoms with E-state index in [1.165, 1.54) is 19.9 Å². The molecular formula is C12H16O5. The Morgan fingerprint density at radius 3 is 1.53 bits per heavy atom. The topological polar surface area (TPSA) is 80.7 Å². The fourth-order valence-corrected chi connectivity index (χ4v) is 0.401. The average Bonchev–Trinajstić information content (AvgIpc) is 2.17. The second-order valence-electron chi connectivity index (χ2n) is 3.08. The molecule has 94 valence electrons. The third-order valence-corrected chi connectivity index (χ3v) is 1.19. The molecule has 0 aromatic heterocycles. The lowest BCUT2D eigenvalue weighted by molar-refractivity contribution is -0.154. The summed E-state index contributed by atoms with van der Waals surface area (Å²) in [6.07, 6.45) is 2.56. The fraction of sp³-hybridized carbons (Fsp3) is 0.250. The van der Waals surface area contributed by atoms with Crippen molar-refractivity contribution in [1.29, 1.82) is 0 Å². The van der Waals surface area contributed by atoms with Gasteiger partial charge in [0.25, 0.3) is 0 Å². The molecule has 0 spiro atoms. The summed E-state index contributed by atoms with van der Waals surface area (Å²) in [4.78, 5) is 30.9. The molecule has 0 atom stereocenters. The van der Waals surface area contributed by atoms with Gasteiger partial charge in [-0.2, -0.15) is 0 Å². The highest BCUT2D eigenvalue weighted by atomic mass is 16.6. The fourth-order valence-electron chi connectivity index (χ4n) is 0.401. The first-order valence-corrected chi connectivity index (χ1v) is 4.65. The molecule has 0 bridgehead atoms. The van der Waals surface area contributed by atoms with Gasteiger partial charge in [-0.3, -0.25) is 0 Å². The molecule has 0 heterocycles. The normalized spacial score (nSPS) is 8.88. The molecule has 0 radical (unpaired) electrons. The highest BCUT2D eigenvalue weighted by molar-refractivity contribution is 6.00. The van der Waals surface area contributed by atoms with E-state index in [9.17, 15) is 14.4 Å². The third-order valence-electron chi connectivity index (χ3n) is 1.19. The molecule has 0 aromatic carbocycles. The Hall–Kier alpha value is -2.17. The molecule has 17 heavy (non-hydrogen) atoms. The van der Waals surface area contributed by atoms with Crippen LogP contribution in [-0.2, 0) is 19.1 Å². The van der Waals surface area contributed by atoms with Gasteiger partial charge in [0.2, 0.25) is 0 Å². The summed E-state index contributed by atoms with van der Waals surface area (Å²) in [7, 11) is 0. The highest BCUT2D eigenvalue weighted by Crippen LogP contribution is 1.97. The van der Waals surface area contributed by atoms with E-state index in [1.807, 2.05) is 0 Å². The van der Waals surface area contributed by atoms with Crippen molar-refractivity contribution in [3.63, 3.8) is 0 Å². The lowest BCUT2D eigenvalue weighted by atomic mass is 10.3. The molecule has 0 saturated heterocycles. The van der Waals surface area contributed by atoms with Gasteiger partial charge < -0.3 is 9.84 Å². The van der Waals surface area contributed by atoms with E-state index in [0.717, 1.165) is 6.08 Å². The van der Waals surface area contributed by atoms with E-state index < -0.39 is 17.9 Å². The molecule has 0 aliphatic rings. The van der Waals surface area contributed by atoms with Crippen molar-refractivity contribution >= 4 is 17.9 Å². The number of ether oxygens (including phenoxy) is 1. The molecule has 0 aliphatic carbocycles. The van der Waals surface area contributed by atoms with E-state index in [0.29, 0.717) is 0 Å². The average molecular weight is 240 g/mol. The summed E-state index contributed by atoms with van der Waals surface area (Å²) in [5, 5.41) is 7.83. The molecule has 0 aromatic rings. The summed E-state index contributed by atoms with van der Waals surface area (Å²) >= 11 is 0. The zero-order chi connectivity index (χ0) is 14.0. The Kier molecular flexibility index (Phi) is 9.21. The predicted octanol–water partition coefficient (Wildman–Crippen LogP) is 1.86. The Labute approximate surface area is 100 Å². The van der Waals surface area contributed by atoms with E-state index >= 15 is 0 Å². The van der Waals surface area contributed by atoms with Gasteiger partial charge in [-0.1, -0.05) is 19.2 Å². The van der Waals surface area contributed by atoms with E-state index in [2.05, 4.69) is 17.9 Å². The molecule has 1 N–H and O–H groups in total. The van der Waals surface area contributed by atoms with Crippen molar-refractivity contribution in [1.82, 2.24) is 0 Å². The first-order valence-electron chi connectivity index (χ1n) is 4.65. The number of carbonyl (C=O) groups is 3. The van der Waals surface area contributed by atoms with Gasteiger partial charge in [0, 0.05) is 17.2 Å². The van der Waals surface area contributed by atoms with Gasteiger partial charge in [-0.05, 0) is 20.8 Å². The largest absolute Gasteiger partial charge is 0.478 e. The summed E-state index contributed by atoms with van der Waals surface area (Å²) in [5.41, 5.74) is 0.388. The maximum absolute atomic E-state index is 10.7. The summed E-state index contributed by atoms with van der Waals surface area (Å²) in [6, 6.07) is 0. The van der Waals surface area contributed by atoms with Crippen molar-refractivity contribution in [2.75, 3.05) is 0 Å². The van der Waals surface area contributed by atoms with Gasteiger partial charge in [-0.25, -0.2) is 14.4 Å². The maximum Gasteiger partial charge on any atom is 0.340 e. The van der Waals surface area contributed by atoms with Crippen LogP contribution in [0.25, 0.3) is 0 Å². The van der Waals surface area contributed by atoms with Crippen LogP contribution < -0.4 is 0 Å². The first-order chi connectivity index (χ1) is 7.72. The van der Waals surface area contributed by atoms with Crippen molar-refractivity contribution in [2.24, 2.45) is 0 Å². The third kappa shape index (κ3) is 11.8. The minimum absolute atomic E-state index is 0.194. The van der Waals surface area contributed by atoms with Gasteiger partial charge in [-0.15, -0.1) is 0 Å². The molecule has 0 saturated carbocycles. The van der Waals surface area contributed by atoms with Crippen LogP contribution in [0.4, 0.5) is 0 Å².